The number of hydrogen-bond acceptors (Lipinski definition) is 2. The van der Waals surface area contributed by atoms with Gasteiger partial charge in [-0.1, -0.05) is 0 Å². The van der Waals surface area contributed by atoms with Gasteiger partial charge >= 0.3 is 5.97 Å². The molecule has 0 radical (unpaired) electrons. The van der Waals surface area contributed by atoms with Gasteiger partial charge in [0.15, 0.2) is 0 Å². The first-order valence-corrected chi connectivity index (χ1v) is 7.73. The monoisotopic (exact) mass is 240 g/mol. The maximum atomic E-state index is 11.3. The summed E-state index contributed by atoms with van der Waals surface area (Å²) < 4.78 is 0. The minimum absolute atomic E-state index is 0.144. The summed E-state index contributed by atoms with van der Waals surface area (Å²) in [5, 5.41) is 9.19. The number of rotatable bonds is 3. The Morgan fingerprint density at radius 3 is 2.00 bits per heavy atom. The van der Waals surface area contributed by atoms with Crippen LogP contribution in [0.15, 0.2) is 0 Å². The first-order chi connectivity index (χ1) is 7.69. The second kappa shape index (κ2) is 3.94. The third-order valence-electron chi connectivity index (χ3n) is 5.15. The van der Waals surface area contributed by atoms with E-state index in [9.17, 15) is 9.90 Å². The Kier molecular flexibility index (Phi) is 2.69. The van der Waals surface area contributed by atoms with E-state index in [1.54, 1.807) is 11.8 Å². The lowest BCUT2D eigenvalue weighted by Gasteiger charge is -2.55. The van der Waals surface area contributed by atoms with E-state index in [4.69, 9.17) is 0 Å². The number of carboxylic acids is 1. The van der Waals surface area contributed by atoms with Crippen LogP contribution in [0, 0.1) is 29.6 Å². The fourth-order valence-corrected chi connectivity index (χ4v) is 5.84. The van der Waals surface area contributed by atoms with E-state index in [2.05, 4.69) is 0 Å². The third kappa shape index (κ3) is 1.59. The summed E-state index contributed by atoms with van der Waals surface area (Å²) in [5.41, 5.74) is 0. The highest BCUT2D eigenvalue weighted by Crippen LogP contribution is 2.58. The zero-order valence-corrected chi connectivity index (χ0v) is 10.6. The first kappa shape index (κ1) is 10.9. The Hall–Kier alpha value is -0.180. The van der Waals surface area contributed by atoms with Crippen LogP contribution in [0.1, 0.15) is 32.1 Å². The minimum Gasteiger partial charge on any atom is -0.480 e. The normalized spacial score (nSPS) is 46.9. The average Bonchev–Trinajstić information content (AvgIpc) is 2.21. The van der Waals surface area contributed by atoms with Crippen molar-refractivity contribution < 1.29 is 9.90 Å². The van der Waals surface area contributed by atoms with Gasteiger partial charge < -0.3 is 5.11 Å². The maximum absolute atomic E-state index is 11.3. The summed E-state index contributed by atoms with van der Waals surface area (Å²) in [4.78, 5) is 11.3. The molecule has 0 aromatic rings. The van der Waals surface area contributed by atoms with E-state index in [0.29, 0.717) is 5.92 Å². The number of thioether (sulfide) groups is 1. The van der Waals surface area contributed by atoms with E-state index in [1.165, 1.54) is 32.1 Å². The molecule has 90 valence electrons. The van der Waals surface area contributed by atoms with Crippen LogP contribution in [0.4, 0.5) is 0 Å². The van der Waals surface area contributed by atoms with Gasteiger partial charge in [0.05, 0.1) is 0 Å². The van der Waals surface area contributed by atoms with Gasteiger partial charge in [-0.3, -0.25) is 4.79 Å². The molecule has 4 aliphatic rings. The van der Waals surface area contributed by atoms with Crippen molar-refractivity contribution >= 4 is 17.7 Å². The topological polar surface area (TPSA) is 37.3 Å². The number of hydrogen-bond donors (Lipinski definition) is 1. The Morgan fingerprint density at radius 1 is 1.12 bits per heavy atom. The predicted octanol–water partition coefficient (Wildman–Crippen LogP) is 2.87. The lowest BCUT2D eigenvalue weighted by Crippen LogP contribution is -2.50. The number of carbonyl (C=O) groups is 1. The lowest BCUT2D eigenvalue weighted by molar-refractivity contribution is -0.141. The number of aliphatic carboxylic acids is 1. The average molecular weight is 240 g/mol. The molecule has 4 saturated carbocycles. The molecule has 0 heterocycles. The summed E-state index contributed by atoms with van der Waals surface area (Å²) in [6, 6.07) is 0. The quantitative estimate of drug-likeness (QED) is 0.824. The third-order valence-corrected chi connectivity index (χ3v) is 6.17. The fraction of sp³-hybridized carbons (Fsp3) is 0.923. The zero-order valence-electron chi connectivity index (χ0n) is 9.76. The summed E-state index contributed by atoms with van der Waals surface area (Å²) in [6.07, 6.45) is 8.69. The summed E-state index contributed by atoms with van der Waals surface area (Å²) in [6.45, 7) is 0. The summed E-state index contributed by atoms with van der Waals surface area (Å²) >= 11 is 1.56. The molecular weight excluding hydrogens is 220 g/mol. The van der Waals surface area contributed by atoms with Gasteiger partial charge in [-0.15, -0.1) is 11.8 Å². The van der Waals surface area contributed by atoms with Crippen LogP contribution < -0.4 is 0 Å². The highest BCUT2D eigenvalue weighted by Gasteiger charge is 2.51. The van der Waals surface area contributed by atoms with Gasteiger partial charge in [0.25, 0.3) is 0 Å². The van der Waals surface area contributed by atoms with Crippen molar-refractivity contribution in [3.63, 3.8) is 0 Å². The molecule has 0 aromatic carbocycles. The highest BCUT2D eigenvalue weighted by molar-refractivity contribution is 7.99. The van der Waals surface area contributed by atoms with Crippen LogP contribution in [0.25, 0.3) is 0 Å². The first-order valence-electron chi connectivity index (χ1n) is 6.44. The SMILES string of the molecule is CSC(C(=O)O)C1C2CC3CC(C2)CC1C3. The standard InChI is InChI=1S/C13H20O2S/c1-16-12(13(14)15)11-9-3-7-2-8(5-9)6-10(11)4-7/h7-12H,2-6H2,1H3,(H,14,15). The van der Waals surface area contributed by atoms with E-state index in [1.807, 2.05) is 6.26 Å². The van der Waals surface area contributed by atoms with Gasteiger partial charge in [0.2, 0.25) is 0 Å². The molecule has 3 heteroatoms. The van der Waals surface area contributed by atoms with Gasteiger partial charge in [-0.25, -0.2) is 0 Å². The highest BCUT2D eigenvalue weighted by atomic mass is 32.2. The van der Waals surface area contributed by atoms with Crippen molar-refractivity contribution in [3.05, 3.63) is 0 Å². The van der Waals surface area contributed by atoms with Crippen LogP contribution in [0.3, 0.4) is 0 Å². The van der Waals surface area contributed by atoms with Crippen molar-refractivity contribution in [3.8, 4) is 0 Å². The Balaban J connectivity index is 1.83. The summed E-state index contributed by atoms with van der Waals surface area (Å²) in [7, 11) is 0. The predicted molar refractivity (Wildman–Crippen MR) is 65.5 cm³/mol. The van der Waals surface area contributed by atoms with Crippen LogP contribution in [-0.2, 0) is 4.79 Å². The lowest BCUT2D eigenvalue weighted by atomic mass is 9.51. The molecule has 4 fully saturated rings. The largest absolute Gasteiger partial charge is 0.480 e. The Morgan fingerprint density at radius 2 is 1.62 bits per heavy atom. The zero-order chi connectivity index (χ0) is 11.3. The molecule has 0 saturated heterocycles. The molecule has 2 nitrogen and oxygen atoms in total. The maximum Gasteiger partial charge on any atom is 0.316 e. The second-order valence-corrected chi connectivity index (χ2v) is 6.98. The van der Waals surface area contributed by atoms with Crippen molar-refractivity contribution in [2.75, 3.05) is 6.26 Å². The fourth-order valence-electron chi connectivity index (χ4n) is 4.88. The molecule has 4 bridgehead atoms. The van der Waals surface area contributed by atoms with Crippen molar-refractivity contribution in [2.24, 2.45) is 29.6 Å². The van der Waals surface area contributed by atoms with Gasteiger partial charge in [-0.05, 0) is 67.9 Å². The molecule has 16 heavy (non-hydrogen) atoms. The summed E-state index contributed by atoms with van der Waals surface area (Å²) in [5.74, 6) is 3.23. The van der Waals surface area contributed by atoms with E-state index in [-0.39, 0.29) is 5.25 Å². The van der Waals surface area contributed by atoms with Gasteiger partial charge in [0, 0.05) is 0 Å². The molecule has 1 N–H and O–H groups in total. The van der Waals surface area contributed by atoms with Crippen LogP contribution >= 0.6 is 11.8 Å². The molecule has 1 atom stereocenters. The van der Waals surface area contributed by atoms with E-state index in [0.717, 1.165) is 23.7 Å². The molecular formula is C13H20O2S. The number of carboxylic acid groups (broad SMARTS) is 1. The molecule has 0 aromatic heterocycles. The van der Waals surface area contributed by atoms with Crippen LogP contribution in [0.2, 0.25) is 0 Å². The van der Waals surface area contributed by atoms with Gasteiger partial charge in [-0.2, -0.15) is 0 Å². The van der Waals surface area contributed by atoms with Gasteiger partial charge in [0.1, 0.15) is 5.25 Å². The molecule has 4 rings (SSSR count). The molecule has 0 aliphatic heterocycles. The van der Waals surface area contributed by atoms with Crippen LogP contribution in [0.5, 0.6) is 0 Å². The van der Waals surface area contributed by atoms with E-state index >= 15 is 0 Å². The Labute approximate surface area is 101 Å². The van der Waals surface area contributed by atoms with Crippen LogP contribution in [-0.4, -0.2) is 22.6 Å². The van der Waals surface area contributed by atoms with Crippen molar-refractivity contribution in [2.45, 2.75) is 37.4 Å². The van der Waals surface area contributed by atoms with E-state index < -0.39 is 5.97 Å². The molecule has 4 aliphatic carbocycles. The Bertz CT molecular complexity index is 274. The smallest absolute Gasteiger partial charge is 0.316 e. The molecule has 1 unspecified atom stereocenters. The second-order valence-electron chi connectivity index (χ2n) is 6.00. The van der Waals surface area contributed by atoms with Crippen molar-refractivity contribution in [1.29, 1.82) is 0 Å². The molecule has 0 amide bonds. The van der Waals surface area contributed by atoms with Crippen molar-refractivity contribution in [1.82, 2.24) is 0 Å². The molecule has 0 spiro atoms. The minimum atomic E-state index is -0.579.